The Morgan fingerprint density at radius 1 is 1.32 bits per heavy atom. The van der Waals surface area contributed by atoms with Crippen molar-refractivity contribution < 1.29 is 9.90 Å². The summed E-state index contributed by atoms with van der Waals surface area (Å²) in [5, 5.41) is 20.5. The summed E-state index contributed by atoms with van der Waals surface area (Å²) in [5.41, 5.74) is 1.86. The van der Waals surface area contributed by atoms with Gasteiger partial charge in [0.05, 0.1) is 17.1 Å². The topological polar surface area (TPSA) is 112 Å². The van der Waals surface area contributed by atoms with Crippen LogP contribution in [-0.2, 0) is 13.7 Å². The second-order valence-electron chi connectivity index (χ2n) is 7.26. The van der Waals surface area contributed by atoms with Gasteiger partial charge in [0, 0.05) is 26.1 Å². The summed E-state index contributed by atoms with van der Waals surface area (Å²) in [6.07, 6.45) is 1.65. The number of rotatable bonds is 4. The van der Waals surface area contributed by atoms with Gasteiger partial charge in [-0.2, -0.15) is 0 Å². The first kappa shape index (κ1) is 18.4. The smallest absolute Gasteiger partial charge is 0.317 e. The van der Waals surface area contributed by atoms with E-state index in [-0.39, 0.29) is 24.6 Å². The van der Waals surface area contributed by atoms with Gasteiger partial charge in [-0.15, -0.1) is 10.2 Å². The number of aliphatic hydroxyl groups excluding tert-OH is 1. The second-order valence-corrected chi connectivity index (χ2v) is 7.26. The number of aliphatic hydroxyl groups is 1. The standard InChI is InChI=1S/C19H25N7O2/c1-12(17-21-14-5-3-4-6-15(14)22-17)20-19(28)26-9-7-13(8-10-26)18-24-23-16(11-27)25(18)2/h3-6,12-13,27H,7-11H2,1-2H3,(H,20,28)(H,21,22)/t12-/m1/s1. The van der Waals surface area contributed by atoms with E-state index in [0.29, 0.717) is 18.9 Å². The number of hydrogen-bond donors (Lipinski definition) is 3. The number of carbonyl (C=O) groups is 1. The van der Waals surface area contributed by atoms with Crippen molar-refractivity contribution in [3.05, 3.63) is 41.7 Å². The second kappa shape index (κ2) is 7.59. The van der Waals surface area contributed by atoms with E-state index < -0.39 is 0 Å². The van der Waals surface area contributed by atoms with Crippen molar-refractivity contribution in [1.82, 2.24) is 34.9 Å². The van der Waals surface area contributed by atoms with Gasteiger partial charge in [-0.05, 0) is 31.9 Å². The average Bonchev–Trinajstić information content (AvgIpc) is 3.31. The Balaban J connectivity index is 1.35. The number of nitrogens with zero attached hydrogens (tertiary/aromatic N) is 5. The first-order valence-corrected chi connectivity index (χ1v) is 9.56. The van der Waals surface area contributed by atoms with Gasteiger partial charge in [0.2, 0.25) is 0 Å². The molecule has 4 rings (SSSR count). The molecule has 2 aromatic heterocycles. The number of likely N-dealkylation sites (tertiary alicyclic amines) is 1. The number of hydrogen-bond acceptors (Lipinski definition) is 5. The van der Waals surface area contributed by atoms with Gasteiger partial charge >= 0.3 is 6.03 Å². The van der Waals surface area contributed by atoms with E-state index in [1.54, 1.807) is 0 Å². The Bertz CT molecular complexity index is 939. The van der Waals surface area contributed by atoms with Crippen molar-refractivity contribution in [3.63, 3.8) is 0 Å². The van der Waals surface area contributed by atoms with Gasteiger partial charge in [-0.1, -0.05) is 12.1 Å². The number of imidazole rings is 1. The molecular formula is C19H25N7O2. The van der Waals surface area contributed by atoms with Crippen LogP contribution in [0.5, 0.6) is 0 Å². The molecule has 28 heavy (non-hydrogen) atoms. The van der Waals surface area contributed by atoms with Crippen LogP contribution < -0.4 is 5.32 Å². The van der Waals surface area contributed by atoms with E-state index >= 15 is 0 Å². The molecule has 0 saturated carbocycles. The van der Waals surface area contributed by atoms with Crippen molar-refractivity contribution in [1.29, 1.82) is 0 Å². The molecule has 1 atom stereocenters. The minimum atomic E-state index is -0.205. The van der Waals surface area contributed by atoms with Crippen molar-refractivity contribution in [2.24, 2.45) is 7.05 Å². The number of aromatic amines is 1. The van der Waals surface area contributed by atoms with E-state index in [1.165, 1.54) is 0 Å². The number of amides is 2. The van der Waals surface area contributed by atoms with Crippen LogP contribution in [-0.4, -0.2) is 53.9 Å². The number of H-pyrrole nitrogens is 1. The summed E-state index contributed by atoms with van der Waals surface area (Å²) in [4.78, 5) is 22.3. The lowest BCUT2D eigenvalue weighted by molar-refractivity contribution is 0.176. The summed E-state index contributed by atoms with van der Waals surface area (Å²) >= 11 is 0. The normalized spacial score (nSPS) is 16.5. The van der Waals surface area contributed by atoms with Crippen LogP contribution in [0.2, 0.25) is 0 Å². The van der Waals surface area contributed by atoms with E-state index in [4.69, 9.17) is 0 Å². The maximum atomic E-state index is 12.7. The van der Waals surface area contributed by atoms with Crippen LogP contribution in [0.4, 0.5) is 4.79 Å². The van der Waals surface area contributed by atoms with Crippen LogP contribution in [0.15, 0.2) is 24.3 Å². The molecule has 1 aliphatic heterocycles. The molecule has 3 heterocycles. The molecule has 0 aliphatic carbocycles. The van der Waals surface area contributed by atoms with Crippen molar-refractivity contribution in [2.45, 2.75) is 38.3 Å². The average molecular weight is 383 g/mol. The molecule has 9 nitrogen and oxygen atoms in total. The lowest BCUT2D eigenvalue weighted by Gasteiger charge is -2.32. The minimum Gasteiger partial charge on any atom is -0.388 e. The van der Waals surface area contributed by atoms with Gasteiger partial charge in [0.25, 0.3) is 0 Å². The molecule has 9 heteroatoms. The summed E-state index contributed by atoms with van der Waals surface area (Å²) in [6, 6.07) is 7.53. The van der Waals surface area contributed by atoms with Gasteiger partial charge in [-0.25, -0.2) is 9.78 Å². The molecule has 0 unspecified atom stereocenters. The van der Waals surface area contributed by atoms with E-state index in [2.05, 4.69) is 25.5 Å². The van der Waals surface area contributed by atoms with Crippen LogP contribution in [0.3, 0.4) is 0 Å². The van der Waals surface area contributed by atoms with Gasteiger partial charge in [-0.3, -0.25) is 0 Å². The molecule has 1 aromatic carbocycles. The first-order chi connectivity index (χ1) is 13.6. The Morgan fingerprint density at radius 3 is 2.75 bits per heavy atom. The third kappa shape index (κ3) is 3.45. The summed E-state index contributed by atoms with van der Waals surface area (Å²) in [7, 11) is 1.87. The van der Waals surface area contributed by atoms with E-state index in [1.807, 2.05) is 47.7 Å². The number of para-hydroxylation sites is 2. The van der Waals surface area contributed by atoms with Gasteiger partial charge in [0.1, 0.15) is 18.3 Å². The number of nitrogens with one attached hydrogen (secondary N) is 2. The summed E-state index contributed by atoms with van der Waals surface area (Å²) in [6.45, 7) is 3.12. The van der Waals surface area contributed by atoms with Crippen LogP contribution in [0.1, 0.15) is 49.2 Å². The van der Waals surface area contributed by atoms with E-state index in [0.717, 1.165) is 35.5 Å². The highest BCUT2D eigenvalue weighted by atomic mass is 16.3. The molecule has 0 bridgehead atoms. The minimum absolute atomic E-state index is 0.0829. The number of piperidine rings is 1. The zero-order valence-electron chi connectivity index (χ0n) is 16.1. The Hall–Kier alpha value is -2.94. The number of benzene rings is 1. The Kier molecular flexibility index (Phi) is 4.99. The summed E-state index contributed by atoms with van der Waals surface area (Å²) < 4.78 is 1.85. The lowest BCUT2D eigenvalue weighted by atomic mass is 9.96. The molecule has 2 amide bonds. The van der Waals surface area contributed by atoms with Crippen molar-refractivity contribution in [3.8, 4) is 0 Å². The number of fused-ring (bicyclic) bond motifs is 1. The quantitative estimate of drug-likeness (QED) is 0.636. The van der Waals surface area contributed by atoms with Gasteiger partial charge in [0.15, 0.2) is 5.82 Å². The highest BCUT2D eigenvalue weighted by Gasteiger charge is 2.28. The monoisotopic (exact) mass is 383 g/mol. The maximum Gasteiger partial charge on any atom is 0.317 e. The van der Waals surface area contributed by atoms with Crippen LogP contribution in [0, 0.1) is 0 Å². The molecule has 1 fully saturated rings. The molecule has 148 valence electrons. The third-order valence-corrected chi connectivity index (χ3v) is 5.45. The molecule has 3 aromatic rings. The van der Waals surface area contributed by atoms with Crippen LogP contribution in [0.25, 0.3) is 11.0 Å². The predicted octanol–water partition coefficient (Wildman–Crippen LogP) is 1.83. The summed E-state index contributed by atoms with van der Waals surface area (Å²) in [5.74, 6) is 2.43. The fourth-order valence-corrected chi connectivity index (χ4v) is 3.73. The molecule has 3 N–H and O–H groups in total. The number of urea groups is 1. The number of carbonyl (C=O) groups excluding carboxylic acids is 1. The fraction of sp³-hybridized carbons (Fsp3) is 0.474. The van der Waals surface area contributed by atoms with Crippen LogP contribution >= 0.6 is 0 Å². The zero-order valence-corrected chi connectivity index (χ0v) is 16.1. The fourth-order valence-electron chi connectivity index (χ4n) is 3.73. The molecule has 1 aliphatic rings. The molecule has 0 radical (unpaired) electrons. The Labute approximate surface area is 162 Å². The molecule has 1 saturated heterocycles. The SMILES string of the molecule is C[C@@H](NC(=O)N1CCC(c2nnc(CO)n2C)CC1)c1nc2ccccc2[nH]1. The van der Waals surface area contributed by atoms with Crippen molar-refractivity contribution >= 4 is 17.1 Å². The largest absolute Gasteiger partial charge is 0.388 e. The zero-order chi connectivity index (χ0) is 19.7. The highest BCUT2D eigenvalue weighted by molar-refractivity contribution is 5.76. The van der Waals surface area contributed by atoms with Crippen molar-refractivity contribution in [2.75, 3.05) is 13.1 Å². The lowest BCUT2D eigenvalue weighted by Crippen LogP contribution is -2.45. The first-order valence-electron chi connectivity index (χ1n) is 9.56. The van der Waals surface area contributed by atoms with Gasteiger partial charge < -0.3 is 24.9 Å². The molecular weight excluding hydrogens is 358 g/mol. The van der Waals surface area contributed by atoms with E-state index in [9.17, 15) is 9.90 Å². The Morgan fingerprint density at radius 2 is 2.07 bits per heavy atom. The highest BCUT2D eigenvalue weighted by Crippen LogP contribution is 2.27. The number of aromatic nitrogens is 5. The molecule has 0 spiro atoms. The third-order valence-electron chi connectivity index (χ3n) is 5.45. The predicted molar refractivity (Wildman–Crippen MR) is 104 cm³/mol. The maximum absolute atomic E-state index is 12.7.